The smallest absolute Gasteiger partial charge is 0.412 e. The molecule has 1 saturated carbocycles. The summed E-state index contributed by atoms with van der Waals surface area (Å²) in [7, 11) is 0. The van der Waals surface area contributed by atoms with Gasteiger partial charge in [-0.3, -0.25) is 10.1 Å². The molecule has 1 amide bonds. The zero-order valence-corrected chi connectivity index (χ0v) is 14.7. The molecule has 0 aromatic heterocycles. The first-order chi connectivity index (χ1) is 10.4. The Morgan fingerprint density at radius 2 is 1.91 bits per heavy atom. The molecule has 1 aliphatic carbocycles. The van der Waals surface area contributed by atoms with Gasteiger partial charge in [0.25, 0.3) is 0 Å². The van der Waals surface area contributed by atoms with E-state index in [2.05, 4.69) is 5.32 Å². The molecule has 5 nitrogen and oxygen atoms in total. The van der Waals surface area contributed by atoms with Crippen LogP contribution >= 0.6 is 11.6 Å². The summed E-state index contributed by atoms with van der Waals surface area (Å²) in [6, 6.07) is 5.09. The molecule has 1 aliphatic rings. The molecule has 0 heterocycles. The summed E-state index contributed by atoms with van der Waals surface area (Å²) in [4.78, 5) is 23.4. The lowest BCUT2D eigenvalue weighted by Crippen LogP contribution is -2.27. The van der Waals surface area contributed by atoms with E-state index in [9.17, 15) is 14.7 Å². The molecule has 1 fully saturated rings. The van der Waals surface area contributed by atoms with E-state index in [1.807, 2.05) is 13.8 Å². The van der Waals surface area contributed by atoms with E-state index >= 15 is 0 Å². The topological polar surface area (TPSA) is 75.6 Å². The highest BCUT2D eigenvalue weighted by molar-refractivity contribution is 6.31. The summed E-state index contributed by atoms with van der Waals surface area (Å²) in [5, 5.41) is 12.5. The van der Waals surface area contributed by atoms with Crippen molar-refractivity contribution in [2.75, 3.05) is 5.32 Å². The van der Waals surface area contributed by atoms with E-state index in [1.54, 1.807) is 39.0 Å². The number of benzene rings is 1. The van der Waals surface area contributed by atoms with Gasteiger partial charge in [0.2, 0.25) is 0 Å². The zero-order valence-electron chi connectivity index (χ0n) is 13.9. The van der Waals surface area contributed by atoms with Crippen molar-refractivity contribution in [3.05, 3.63) is 28.8 Å². The van der Waals surface area contributed by atoms with Crippen molar-refractivity contribution in [1.29, 1.82) is 0 Å². The quantitative estimate of drug-likeness (QED) is 0.849. The SMILES string of the molecule is CC(C)(C)OC(=O)Nc1cc(Cl)ccc1[C@H]1[C@H](C(=O)O)C1(C)C. The van der Waals surface area contributed by atoms with Gasteiger partial charge in [-0.2, -0.15) is 0 Å². The highest BCUT2D eigenvalue weighted by atomic mass is 35.5. The van der Waals surface area contributed by atoms with Gasteiger partial charge in [0.1, 0.15) is 5.60 Å². The fraction of sp³-hybridized carbons (Fsp3) is 0.529. The number of hydrogen-bond acceptors (Lipinski definition) is 3. The van der Waals surface area contributed by atoms with Crippen LogP contribution in [0.3, 0.4) is 0 Å². The Morgan fingerprint density at radius 3 is 2.39 bits per heavy atom. The third kappa shape index (κ3) is 3.78. The first-order valence-corrected chi connectivity index (χ1v) is 7.83. The third-order valence-electron chi connectivity index (χ3n) is 4.08. The molecule has 2 atom stereocenters. The lowest BCUT2D eigenvalue weighted by Gasteiger charge is -2.20. The summed E-state index contributed by atoms with van der Waals surface area (Å²) >= 11 is 6.02. The van der Waals surface area contributed by atoms with Crippen LogP contribution in [0.15, 0.2) is 18.2 Å². The predicted octanol–water partition coefficient (Wildman–Crippen LogP) is 4.51. The lowest BCUT2D eigenvalue weighted by atomic mass is 10.0. The Labute approximate surface area is 141 Å². The van der Waals surface area contributed by atoms with Gasteiger partial charge < -0.3 is 9.84 Å². The second-order valence-electron chi connectivity index (χ2n) is 7.47. The van der Waals surface area contributed by atoms with Gasteiger partial charge in [-0.05, 0) is 43.9 Å². The largest absolute Gasteiger partial charge is 0.481 e. The first-order valence-electron chi connectivity index (χ1n) is 7.46. The number of carbonyl (C=O) groups is 2. The van der Waals surface area contributed by atoms with Crippen LogP contribution in [0.4, 0.5) is 10.5 Å². The maximum atomic E-state index is 12.0. The van der Waals surface area contributed by atoms with E-state index < -0.39 is 23.6 Å². The Balaban J connectivity index is 2.29. The van der Waals surface area contributed by atoms with Crippen LogP contribution in [0, 0.1) is 11.3 Å². The molecule has 0 unspecified atom stereocenters. The maximum Gasteiger partial charge on any atom is 0.412 e. The number of hydrogen-bond donors (Lipinski definition) is 2. The second-order valence-corrected chi connectivity index (χ2v) is 7.91. The lowest BCUT2D eigenvalue weighted by molar-refractivity contribution is -0.139. The zero-order chi connectivity index (χ0) is 17.6. The number of rotatable bonds is 3. The minimum absolute atomic E-state index is 0.179. The van der Waals surface area contributed by atoms with Crippen molar-refractivity contribution in [3.8, 4) is 0 Å². The number of ether oxygens (including phenoxy) is 1. The molecule has 0 radical (unpaired) electrons. The number of carbonyl (C=O) groups excluding carboxylic acids is 1. The number of anilines is 1. The molecule has 1 aromatic rings. The van der Waals surface area contributed by atoms with Crippen LogP contribution in [-0.2, 0) is 9.53 Å². The van der Waals surface area contributed by atoms with Crippen LogP contribution < -0.4 is 5.32 Å². The van der Waals surface area contributed by atoms with Gasteiger partial charge >= 0.3 is 12.1 Å². The van der Waals surface area contributed by atoms with Gasteiger partial charge in [0.05, 0.1) is 5.92 Å². The minimum atomic E-state index is -0.835. The number of carboxylic acids is 1. The van der Waals surface area contributed by atoms with Crippen molar-refractivity contribution in [2.24, 2.45) is 11.3 Å². The molecule has 0 spiro atoms. The van der Waals surface area contributed by atoms with Gasteiger partial charge in [-0.1, -0.05) is 31.5 Å². The van der Waals surface area contributed by atoms with E-state index in [-0.39, 0.29) is 11.3 Å². The Morgan fingerprint density at radius 1 is 1.30 bits per heavy atom. The number of aliphatic carboxylic acids is 1. The predicted molar refractivity (Wildman–Crippen MR) is 89.0 cm³/mol. The molecule has 0 bridgehead atoms. The van der Waals surface area contributed by atoms with Gasteiger partial charge in [0, 0.05) is 16.6 Å². The van der Waals surface area contributed by atoms with Crippen molar-refractivity contribution < 1.29 is 19.4 Å². The first kappa shape index (κ1) is 17.6. The molecule has 2 N–H and O–H groups in total. The van der Waals surface area contributed by atoms with Gasteiger partial charge in [-0.15, -0.1) is 0 Å². The molecule has 0 aliphatic heterocycles. The molecular formula is C17H22ClNO4. The standard InChI is InChI=1S/C17H22ClNO4/c1-16(2,3)23-15(22)19-11-8-9(18)6-7-10(11)12-13(14(20)21)17(12,4)5/h6-8,12-13H,1-5H3,(H,19,22)(H,20,21)/t12-,13+/m0/s1. The van der Waals surface area contributed by atoms with Crippen molar-refractivity contribution in [3.63, 3.8) is 0 Å². The fourth-order valence-electron chi connectivity index (χ4n) is 3.00. The van der Waals surface area contributed by atoms with Crippen molar-refractivity contribution in [1.82, 2.24) is 0 Å². The Kier molecular flexibility index (Phi) is 4.37. The normalized spacial score (nSPS) is 22.3. The minimum Gasteiger partial charge on any atom is -0.481 e. The molecular weight excluding hydrogens is 318 g/mol. The average molecular weight is 340 g/mol. The summed E-state index contributed by atoms with van der Waals surface area (Å²) in [5.74, 6) is -1.50. The summed E-state index contributed by atoms with van der Waals surface area (Å²) in [5.41, 5.74) is 0.265. The monoisotopic (exact) mass is 339 g/mol. The van der Waals surface area contributed by atoms with Crippen LogP contribution in [0.25, 0.3) is 0 Å². The number of nitrogens with one attached hydrogen (secondary N) is 1. The van der Waals surface area contributed by atoms with Crippen molar-refractivity contribution >= 4 is 29.4 Å². The number of amides is 1. The Hall–Kier alpha value is -1.75. The Bertz CT molecular complexity index is 648. The van der Waals surface area contributed by atoms with E-state index in [0.29, 0.717) is 10.7 Å². The van der Waals surface area contributed by atoms with Crippen LogP contribution in [0.1, 0.15) is 46.1 Å². The van der Waals surface area contributed by atoms with E-state index in [0.717, 1.165) is 5.56 Å². The van der Waals surface area contributed by atoms with Crippen molar-refractivity contribution in [2.45, 2.75) is 46.1 Å². The van der Waals surface area contributed by atoms with Crippen LogP contribution in [-0.4, -0.2) is 22.8 Å². The summed E-state index contributed by atoms with van der Waals surface area (Å²) in [6.07, 6.45) is -0.591. The highest BCUT2D eigenvalue weighted by Gasteiger charge is 2.63. The molecule has 1 aromatic carbocycles. The summed E-state index contributed by atoms with van der Waals surface area (Å²) < 4.78 is 5.25. The molecule has 23 heavy (non-hydrogen) atoms. The number of carboxylic acid groups (broad SMARTS) is 1. The summed E-state index contributed by atoms with van der Waals surface area (Å²) in [6.45, 7) is 9.13. The number of halogens is 1. The van der Waals surface area contributed by atoms with Gasteiger partial charge in [-0.25, -0.2) is 4.79 Å². The maximum absolute atomic E-state index is 12.0. The van der Waals surface area contributed by atoms with E-state index in [4.69, 9.17) is 16.3 Å². The fourth-order valence-corrected chi connectivity index (χ4v) is 3.17. The molecule has 0 saturated heterocycles. The van der Waals surface area contributed by atoms with Crippen LogP contribution in [0.5, 0.6) is 0 Å². The van der Waals surface area contributed by atoms with Gasteiger partial charge in [0.15, 0.2) is 0 Å². The van der Waals surface area contributed by atoms with E-state index in [1.165, 1.54) is 0 Å². The van der Waals surface area contributed by atoms with Crippen LogP contribution in [0.2, 0.25) is 5.02 Å². The second kappa shape index (κ2) is 5.71. The molecule has 6 heteroatoms. The third-order valence-corrected chi connectivity index (χ3v) is 4.31. The average Bonchev–Trinajstić information content (AvgIpc) is 2.89. The molecule has 126 valence electrons. The molecule has 2 rings (SSSR count). The highest BCUT2D eigenvalue weighted by Crippen LogP contribution is 2.65.